The van der Waals surface area contributed by atoms with E-state index >= 15 is 0 Å². The second kappa shape index (κ2) is 8.60. The van der Waals surface area contributed by atoms with Gasteiger partial charge in [0.15, 0.2) is 17.1 Å². The van der Waals surface area contributed by atoms with Gasteiger partial charge in [-0.1, -0.05) is 30.7 Å². The summed E-state index contributed by atoms with van der Waals surface area (Å²) in [6.07, 6.45) is 4.91. The van der Waals surface area contributed by atoms with Gasteiger partial charge in [-0.05, 0) is 55.0 Å². The van der Waals surface area contributed by atoms with Crippen LogP contribution in [-0.2, 0) is 12.8 Å². The minimum Gasteiger partial charge on any atom is -0.493 e. The second-order valence-electron chi connectivity index (χ2n) is 8.45. The van der Waals surface area contributed by atoms with Crippen molar-refractivity contribution in [2.24, 2.45) is 5.92 Å². The zero-order valence-electron chi connectivity index (χ0n) is 19.2. The summed E-state index contributed by atoms with van der Waals surface area (Å²) in [6.45, 7) is 2.29. The number of benzene rings is 2. The van der Waals surface area contributed by atoms with E-state index in [-0.39, 0.29) is 0 Å². The lowest BCUT2D eigenvalue weighted by molar-refractivity contribution is 0.324. The highest BCUT2D eigenvalue weighted by atomic mass is 35.5. The summed E-state index contributed by atoms with van der Waals surface area (Å²) in [7, 11) is 4.87. The van der Waals surface area contributed by atoms with Crippen molar-refractivity contribution in [3.8, 4) is 39.6 Å². The summed E-state index contributed by atoms with van der Waals surface area (Å²) in [5.41, 5.74) is 7.13. The number of methoxy groups -OCH3 is 3. The van der Waals surface area contributed by atoms with E-state index in [1.807, 2.05) is 47.1 Å². The lowest BCUT2D eigenvalue weighted by Gasteiger charge is -2.25. The fraction of sp³-hybridized carbons (Fsp3) is 0.308. The number of nitrogens with zero attached hydrogens (tertiary/aromatic N) is 3. The molecule has 5 rings (SSSR count). The number of hydrogen-bond donors (Lipinski definition) is 0. The van der Waals surface area contributed by atoms with Crippen LogP contribution in [-0.4, -0.2) is 35.9 Å². The maximum Gasteiger partial charge on any atom is 0.203 e. The van der Waals surface area contributed by atoms with Crippen LogP contribution in [0.5, 0.6) is 17.2 Å². The molecule has 0 fully saturated rings. The first-order chi connectivity index (χ1) is 16.0. The van der Waals surface area contributed by atoms with Gasteiger partial charge in [0, 0.05) is 27.4 Å². The maximum absolute atomic E-state index is 6.12. The molecule has 0 saturated carbocycles. The standard InChI is InChI=1S/C26H26ClN3O3/c1-15-5-10-21-19(11-15)24(17-12-22(31-2)25(33-4)23(13-17)32-3)29-26-20(14-28-30(21)26)16-6-8-18(27)9-7-16/h6-9,12-15H,5,10-11H2,1-4H3/t15-/m0/s1. The van der Waals surface area contributed by atoms with E-state index in [1.54, 1.807) is 21.3 Å². The number of halogens is 1. The molecule has 33 heavy (non-hydrogen) atoms. The van der Waals surface area contributed by atoms with Gasteiger partial charge >= 0.3 is 0 Å². The Morgan fingerprint density at radius 1 is 0.970 bits per heavy atom. The van der Waals surface area contributed by atoms with Crippen LogP contribution >= 0.6 is 11.6 Å². The molecule has 1 atom stereocenters. The molecule has 4 aromatic rings. The Kier molecular flexibility index (Phi) is 5.62. The number of ether oxygens (including phenoxy) is 3. The molecule has 2 aromatic carbocycles. The number of aromatic nitrogens is 3. The van der Waals surface area contributed by atoms with E-state index < -0.39 is 0 Å². The Morgan fingerprint density at radius 2 is 1.67 bits per heavy atom. The van der Waals surface area contributed by atoms with Gasteiger partial charge in [0.1, 0.15) is 0 Å². The van der Waals surface area contributed by atoms with Crippen molar-refractivity contribution in [3.63, 3.8) is 0 Å². The molecular weight excluding hydrogens is 438 g/mol. The van der Waals surface area contributed by atoms with Crippen molar-refractivity contribution in [2.45, 2.75) is 26.2 Å². The van der Waals surface area contributed by atoms with Gasteiger partial charge in [-0.15, -0.1) is 0 Å². The largest absolute Gasteiger partial charge is 0.493 e. The molecule has 0 bridgehead atoms. The van der Waals surface area contributed by atoms with Crippen LogP contribution in [0.2, 0.25) is 5.02 Å². The van der Waals surface area contributed by atoms with Crippen LogP contribution in [0.3, 0.4) is 0 Å². The summed E-state index contributed by atoms with van der Waals surface area (Å²) in [6, 6.07) is 11.7. The highest BCUT2D eigenvalue weighted by Crippen LogP contribution is 2.43. The Morgan fingerprint density at radius 3 is 2.30 bits per heavy atom. The quantitative estimate of drug-likeness (QED) is 0.370. The fourth-order valence-electron chi connectivity index (χ4n) is 4.68. The molecule has 0 spiro atoms. The molecule has 0 radical (unpaired) electrons. The molecule has 2 aromatic heterocycles. The summed E-state index contributed by atoms with van der Waals surface area (Å²) in [4.78, 5) is 5.17. The lowest BCUT2D eigenvalue weighted by atomic mass is 9.85. The van der Waals surface area contributed by atoms with Gasteiger partial charge in [-0.3, -0.25) is 0 Å². The first-order valence-corrected chi connectivity index (χ1v) is 11.4. The van der Waals surface area contributed by atoms with Crippen LogP contribution in [0.25, 0.3) is 28.0 Å². The molecule has 1 aliphatic carbocycles. The summed E-state index contributed by atoms with van der Waals surface area (Å²) in [5, 5.41) is 5.44. The van der Waals surface area contributed by atoms with Crippen molar-refractivity contribution >= 4 is 17.2 Å². The van der Waals surface area contributed by atoms with Crippen LogP contribution in [0.1, 0.15) is 24.6 Å². The molecule has 170 valence electrons. The van der Waals surface area contributed by atoms with Crippen molar-refractivity contribution in [3.05, 3.63) is 58.9 Å². The summed E-state index contributed by atoms with van der Waals surface area (Å²) >= 11 is 6.12. The van der Waals surface area contributed by atoms with Gasteiger partial charge in [0.05, 0.1) is 33.2 Å². The first-order valence-electron chi connectivity index (χ1n) is 11.0. The molecular formula is C26H26ClN3O3. The number of hydrogen-bond acceptors (Lipinski definition) is 5. The smallest absolute Gasteiger partial charge is 0.203 e. The third-order valence-corrected chi connectivity index (χ3v) is 6.62. The maximum atomic E-state index is 6.12. The van der Waals surface area contributed by atoms with Crippen molar-refractivity contribution in [2.75, 3.05) is 21.3 Å². The summed E-state index contributed by atoms with van der Waals surface area (Å²) < 4.78 is 18.8. The summed E-state index contributed by atoms with van der Waals surface area (Å²) in [5.74, 6) is 2.36. The Labute approximate surface area is 198 Å². The van der Waals surface area contributed by atoms with Crippen LogP contribution in [0.15, 0.2) is 42.6 Å². The molecule has 1 aliphatic rings. The number of rotatable bonds is 5. The molecule has 0 saturated heterocycles. The number of fused-ring (bicyclic) bond motifs is 3. The van der Waals surface area contributed by atoms with Crippen molar-refractivity contribution < 1.29 is 14.2 Å². The molecule has 7 heteroatoms. The highest BCUT2D eigenvalue weighted by Gasteiger charge is 2.26. The van der Waals surface area contributed by atoms with Crippen LogP contribution in [0, 0.1) is 5.92 Å². The zero-order chi connectivity index (χ0) is 23.1. The average molecular weight is 464 g/mol. The van der Waals surface area contributed by atoms with E-state index in [9.17, 15) is 0 Å². The Bertz CT molecular complexity index is 1310. The molecule has 2 heterocycles. The second-order valence-corrected chi connectivity index (χ2v) is 8.88. The highest BCUT2D eigenvalue weighted by molar-refractivity contribution is 6.30. The SMILES string of the molecule is COc1cc(-c2nc3c(-c4ccc(Cl)cc4)cnn3c3c2C[C@@H](C)CC3)cc(OC)c1OC. The third kappa shape index (κ3) is 3.68. The van der Waals surface area contributed by atoms with E-state index in [2.05, 4.69) is 6.92 Å². The Balaban J connectivity index is 1.79. The zero-order valence-corrected chi connectivity index (χ0v) is 19.9. The minimum absolute atomic E-state index is 0.568. The molecule has 6 nitrogen and oxygen atoms in total. The Hall–Kier alpha value is -3.25. The van der Waals surface area contributed by atoms with Crippen molar-refractivity contribution in [1.82, 2.24) is 14.6 Å². The average Bonchev–Trinajstić information content (AvgIpc) is 3.26. The topological polar surface area (TPSA) is 57.9 Å². The molecule has 0 aliphatic heterocycles. The van der Waals surface area contributed by atoms with Crippen LogP contribution < -0.4 is 14.2 Å². The van der Waals surface area contributed by atoms with Crippen molar-refractivity contribution in [1.29, 1.82) is 0 Å². The van der Waals surface area contributed by atoms with Gasteiger partial charge in [0.25, 0.3) is 0 Å². The lowest BCUT2D eigenvalue weighted by Crippen LogP contribution is -2.18. The van der Waals surface area contributed by atoms with E-state index in [4.69, 9.17) is 35.9 Å². The van der Waals surface area contributed by atoms with E-state index in [0.29, 0.717) is 28.2 Å². The van der Waals surface area contributed by atoms with Gasteiger partial charge < -0.3 is 14.2 Å². The predicted octanol–water partition coefficient (Wildman–Crippen LogP) is 5.87. The van der Waals surface area contributed by atoms with E-state index in [0.717, 1.165) is 47.3 Å². The van der Waals surface area contributed by atoms with E-state index in [1.165, 1.54) is 11.3 Å². The normalized spacial score (nSPS) is 15.4. The fourth-order valence-corrected chi connectivity index (χ4v) is 4.81. The minimum atomic E-state index is 0.568. The third-order valence-electron chi connectivity index (χ3n) is 6.37. The molecule has 0 amide bonds. The van der Waals surface area contributed by atoms with Gasteiger partial charge in [0.2, 0.25) is 5.75 Å². The monoisotopic (exact) mass is 463 g/mol. The molecule has 0 N–H and O–H groups in total. The van der Waals surface area contributed by atoms with Gasteiger partial charge in [-0.2, -0.15) is 5.10 Å². The number of aryl methyl sites for hydroxylation is 1. The molecule has 0 unspecified atom stereocenters. The van der Waals surface area contributed by atoms with Crippen LogP contribution in [0.4, 0.5) is 0 Å². The predicted molar refractivity (Wildman–Crippen MR) is 130 cm³/mol. The first kappa shape index (κ1) is 21.6. The van der Waals surface area contributed by atoms with Gasteiger partial charge in [-0.25, -0.2) is 9.50 Å².